The third-order valence-corrected chi connectivity index (χ3v) is 2.01. The fourth-order valence-electron chi connectivity index (χ4n) is 1.33. The van der Waals surface area contributed by atoms with E-state index < -0.39 is 11.6 Å². The highest BCUT2D eigenvalue weighted by atomic mass is 16.6. The molecule has 1 unspecified atom stereocenters. The lowest BCUT2D eigenvalue weighted by Gasteiger charge is -2.22. The Kier molecular flexibility index (Phi) is 12.0. The van der Waals surface area contributed by atoms with E-state index >= 15 is 0 Å². The molecule has 1 atom stereocenters. The van der Waals surface area contributed by atoms with Gasteiger partial charge in [-0.3, -0.25) is 4.79 Å². The number of rotatable bonds is 3. The van der Waals surface area contributed by atoms with E-state index in [1.54, 1.807) is 0 Å². The number of benzene rings is 1. The van der Waals surface area contributed by atoms with Crippen LogP contribution in [0.5, 0.6) is 0 Å². The van der Waals surface area contributed by atoms with E-state index in [1.165, 1.54) is 0 Å². The third kappa shape index (κ3) is 10.6. The zero-order valence-electron chi connectivity index (χ0n) is 14.1. The first-order valence-electron chi connectivity index (χ1n) is 7.41. The predicted molar refractivity (Wildman–Crippen MR) is 86.7 cm³/mol. The van der Waals surface area contributed by atoms with E-state index in [0.717, 1.165) is 5.56 Å². The molecule has 0 aliphatic heterocycles. The number of esters is 1. The third-order valence-electron chi connectivity index (χ3n) is 2.01. The molecule has 0 aliphatic rings. The molecule has 0 bridgehead atoms. The Morgan fingerprint density at radius 1 is 1.10 bits per heavy atom. The molecule has 0 radical (unpaired) electrons. The highest BCUT2D eigenvalue weighted by Gasteiger charge is 2.22. The van der Waals surface area contributed by atoms with Crippen LogP contribution in [0, 0.1) is 0 Å². The molecule has 1 rings (SSSR count). The maximum atomic E-state index is 11.6. The van der Waals surface area contributed by atoms with Crippen LogP contribution in [0.15, 0.2) is 30.3 Å². The van der Waals surface area contributed by atoms with Gasteiger partial charge in [0, 0.05) is 0 Å². The summed E-state index contributed by atoms with van der Waals surface area (Å²) in [5.74, 6) is -0.351. The summed E-state index contributed by atoms with van der Waals surface area (Å²) in [6, 6.07) is 9.09. The van der Waals surface area contributed by atoms with Crippen LogP contribution in [0.4, 0.5) is 0 Å². The lowest BCUT2D eigenvalue weighted by atomic mass is 10.1. The molecular formula is C17H31NO2. The molecular weight excluding hydrogens is 250 g/mol. The quantitative estimate of drug-likeness (QED) is 0.853. The van der Waals surface area contributed by atoms with Gasteiger partial charge in [-0.1, -0.05) is 58.0 Å². The van der Waals surface area contributed by atoms with Crippen molar-refractivity contribution in [3.05, 3.63) is 35.9 Å². The molecule has 1 aromatic rings. The van der Waals surface area contributed by atoms with Gasteiger partial charge in [0.1, 0.15) is 11.6 Å². The largest absolute Gasteiger partial charge is 0.459 e. The van der Waals surface area contributed by atoms with Crippen molar-refractivity contribution < 1.29 is 9.53 Å². The molecule has 1 aromatic carbocycles. The Morgan fingerprint density at radius 3 is 1.95 bits per heavy atom. The SMILES string of the molecule is CC.CC.CC(C)(C)OC(=O)C(N)Cc1ccccc1. The summed E-state index contributed by atoms with van der Waals surface area (Å²) in [7, 11) is 0. The fourth-order valence-corrected chi connectivity index (χ4v) is 1.33. The molecule has 3 nitrogen and oxygen atoms in total. The Morgan fingerprint density at radius 2 is 1.55 bits per heavy atom. The summed E-state index contributed by atoms with van der Waals surface area (Å²) in [4.78, 5) is 11.6. The molecule has 20 heavy (non-hydrogen) atoms. The molecule has 0 fully saturated rings. The van der Waals surface area contributed by atoms with Crippen LogP contribution in [-0.2, 0) is 16.0 Å². The number of carbonyl (C=O) groups is 1. The first kappa shape index (κ1) is 21.0. The second kappa shape index (κ2) is 11.5. The first-order chi connectivity index (χ1) is 9.38. The van der Waals surface area contributed by atoms with Gasteiger partial charge in [0.15, 0.2) is 0 Å². The van der Waals surface area contributed by atoms with Crippen molar-refractivity contribution >= 4 is 5.97 Å². The maximum absolute atomic E-state index is 11.6. The minimum atomic E-state index is -0.596. The van der Waals surface area contributed by atoms with Crippen LogP contribution >= 0.6 is 0 Å². The molecule has 0 saturated carbocycles. The normalized spacial score (nSPS) is 11.2. The lowest BCUT2D eigenvalue weighted by molar-refractivity contribution is -0.156. The van der Waals surface area contributed by atoms with Crippen molar-refractivity contribution in [2.45, 2.75) is 66.5 Å². The molecule has 116 valence electrons. The monoisotopic (exact) mass is 281 g/mol. The summed E-state index contributed by atoms with van der Waals surface area (Å²) in [5.41, 5.74) is 6.34. The van der Waals surface area contributed by atoms with E-state index in [0.29, 0.717) is 6.42 Å². The fraction of sp³-hybridized carbons (Fsp3) is 0.588. The van der Waals surface area contributed by atoms with E-state index in [4.69, 9.17) is 10.5 Å². The molecule has 0 aromatic heterocycles. The number of hydrogen-bond donors (Lipinski definition) is 1. The van der Waals surface area contributed by atoms with Gasteiger partial charge in [-0.15, -0.1) is 0 Å². The molecule has 0 heterocycles. The summed E-state index contributed by atoms with van der Waals surface area (Å²) >= 11 is 0. The van der Waals surface area contributed by atoms with E-state index in [-0.39, 0.29) is 5.97 Å². The van der Waals surface area contributed by atoms with E-state index in [2.05, 4.69) is 0 Å². The average Bonchev–Trinajstić information content (AvgIpc) is 2.42. The first-order valence-corrected chi connectivity index (χ1v) is 7.41. The highest BCUT2D eigenvalue weighted by molar-refractivity contribution is 5.76. The van der Waals surface area contributed by atoms with Crippen LogP contribution in [0.25, 0.3) is 0 Å². The van der Waals surface area contributed by atoms with Crippen LogP contribution in [0.1, 0.15) is 54.0 Å². The number of hydrogen-bond acceptors (Lipinski definition) is 3. The van der Waals surface area contributed by atoms with Gasteiger partial charge in [-0.2, -0.15) is 0 Å². The van der Waals surface area contributed by atoms with E-state index in [9.17, 15) is 4.79 Å². The summed E-state index contributed by atoms with van der Waals surface area (Å²) in [5, 5.41) is 0. The molecule has 0 saturated heterocycles. The Balaban J connectivity index is 0. The number of ether oxygens (including phenoxy) is 1. The Hall–Kier alpha value is -1.35. The topological polar surface area (TPSA) is 52.3 Å². The van der Waals surface area contributed by atoms with Gasteiger partial charge in [-0.05, 0) is 32.8 Å². The molecule has 0 aliphatic carbocycles. The van der Waals surface area contributed by atoms with Crippen LogP contribution < -0.4 is 5.73 Å². The average molecular weight is 281 g/mol. The van der Waals surface area contributed by atoms with Gasteiger partial charge in [0.25, 0.3) is 0 Å². The number of nitrogens with two attached hydrogens (primary N) is 1. The van der Waals surface area contributed by atoms with Crippen molar-refractivity contribution in [1.29, 1.82) is 0 Å². The van der Waals surface area contributed by atoms with Crippen LogP contribution in [0.2, 0.25) is 0 Å². The van der Waals surface area contributed by atoms with Crippen molar-refractivity contribution in [2.24, 2.45) is 5.73 Å². The zero-order valence-corrected chi connectivity index (χ0v) is 14.1. The van der Waals surface area contributed by atoms with Gasteiger partial charge in [0.05, 0.1) is 0 Å². The van der Waals surface area contributed by atoms with Crippen LogP contribution in [0.3, 0.4) is 0 Å². The summed E-state index contributed by atoms with van der Waals surface area (Å²) < 4.78 is 5.21. The van der Waals surface area contributed by atoms with Crippen molar-refractivity contribution in [2.75, 3.05) is 0 Å². The van der Waals surface area contributed by atoms with Gasteiger partial charge in [-0.25, -0.2) is 0 Å². The standard InChI is InChI=1S/C13H19NO2.2C2H6/c1-13(2,3)16-12(15)11(14)9-10-7-5-4-6-8-10;2*1-2/h4-8,11H,9,14H2,1-3H3;2*1-2H3. The zero-order chi connectivity index (χ0) is 16.2. The van der Waals surface area contributed by atoms with Crippen LogP contribution in [-0.4, -0.2) is 17.6 Å². The van der Waals surface area contributed by atoms with Crippen molar-refractivity contribution in [3.8, 4) is 0 Å². The van der Waals surface area contributed by atoms with Crippen molar-refractivity contribution in [1.82, 2.24) is 0 Å². The summed E-state index contributed by atoms with van der Waals surface area (Å²) in [6.45, 7) is 13.5. The highest BCUT2D eigenvalue weighted by Crippen LogP contribution is 2.10. The lowest BCUT2D eigenvalue weighted by Crippen LogP contribution is -2.38. The van der Waals surface area contributed by atoms with Crippen molar-refractivity contribution in [3.63, 3.8) is 0 Å². The second-order valence-electron chi connectivity index (χ2n) is 4.83. The van der Waals surface area contributed by atoms with Gasteiger partial charge >= 0.3 is 5.97 Å². The van der Waals surface area contributed by atoms with E-state index in [1.807, 2.05) is 78.8 Å². The molecule has 2 N–H and O–H groups in total. The molecule has 0 spiro atoms. The molecule has 3 heteroatoms. The maximum Gasteiger partial charge on any atom is 0.323 e. The molecule has 0 amide bonds. The predicted octanol–water partition coefficient (Wildman–Crippen LogP) is 3.95. The second-order valence-corrected chi connectivity index (χ2v) is 4.83. The smallest absolute Gasteiger partial charge is 0.323 e. The summed E-state index contributed by atoms with van der Waals surface area (Å²) in [6.07, 6.45) is 0.510. The number of carbonyl (C=O) groups excluding carboxylic acids is 1. The Labute approximate surface area is 124 Å². The minimum absolute atomic E-state index is 0.351. The minimum Gasteiger partial charge on any atom is -0.459 e. The van der Waals surface area contributed by atoms with Gasteiger partial charge in [0.2, 0.25) is 0 Å². The van der Waals surface area contributed by atoms with Gasteiger partial charge < -0.3 is 10.5 Å². The Bertz CT molecular complexity index is 342.